The highest BCUT2D eigenvalue weighted by molar-refractivity contribution is 6.04. The van der Waals surface area contributed by atoms with Crippen LogP contribution in [-0.4, -0.2) is 10.5 Å². The van der Waals surface area contributed by atoms with Gasteiger partial charge in [0.1, 0.15) is 5.56 Å². The second-order valence-electron chi connectivity index (χ2n) is 6.56. The molecule has 0 saturated heterocycles. The third kappa shape index (κ3) is 3.75. The van der Waals surface area contributed by atoms with Gasteiger partial charge in [0.2, 0.25) is 0 Å². The molecule has 1 amide bonds. The molecule has 3 rings (SSSR count). The number of benzene rings is 2. The molecule has 1 aromatic heterocycles. The number of para-hydroxylation sites is 1. The Hall–Kier alpha value is -3.14. The first kappa shape index (κ1) is 17.7. The van der Waals surface area contributed by atoms with Crippen LogP contribution < -0.4 is 10.9 Å². The summed E-state index contributed by atoms with van der Waals surface area (Å²) >= 11 is 0. The lowest BCUT2D eigenvalue weighted by Crippen LogP contribution is -2.29. The van der Waals surface area contributed by atoms with Crippen LogP contribution in [0.2, 0.25) is 0 Å². The van der Waals surface area contributed by atoms with Crippen molar-refractivity contribution in [3.63, 3.8) is 0 Å². The lowest BCUT2D eigenvalue weighted by atomic mass is 10.1. The predicted octanol–water partition coefficient (Wildman–Crippen LogP) is 4.07. The van der Waals surface area contributed by atoms with Crippen molar-refractivity contribution in [2.75, 3.05) is 5.32 Å². The summed E-state index contributed by atoms with van der Waals surface area (Å²) in [7, 11) is 0. The Morgan fingerprint density at radius 2 is 1.65 bits per heavy atom. The lowest BCUT2D eigenvalue weighted by molar-refractivity contribution is 0.102. The molecule has 1 heterocycles. The van der Waals surface area contributed by atoms with Gasteiger partial charge in [0.05, 0.1) is 6.54 Å². The van der Waals surface area contributed by atoms with Crippen molar-refractivity contribution in [1.82, 2.24) is 4.57 Å². The predicted molar refractivity (Wildman–Crippen MR) is 105 cm³/mol. The zero-order chi connectivity index (χ0) is 18.7. The minimum atomic E-state index is -0.383. The third-order valence-electron chi connectivity index (χ3n) is 4.42. The van der Waals surface area contributed by atoms with E-state index in [2.05, 4.69) is 5.32 Å². The molecule has 1 N–H and O–H groups in total. The van der Waals surface area contributed by atoms with Gasteiger partial charge in [0.15, 0.2) is 0 Å². The molecule has 0 aliphatic heterocycles. The average molecular weight is 346 g/mol. The number of anilines is 1. The van der Waals surface area contributed by atoms with Gasteiger partial charge in [-0.25, -0.2) is 0 Å². The van der Waals surface area contributed by atoms with E-state index in [0.29, 0.717) is 6.54 Å². The lowest BCUT2D eigenvalue weighted by Gasteiger charge is -2.12. The fourth-order valence-corrected chi connectivity index (χ4v) is 3.03. The molecule has 3 aromatic rings. The Balaban J connectivity index is 1.89. The fourth-order valence-electron chi connectivity index (χ4n) is 3.03. The maximum absolute atomic E-state index is 12.8. The molecule has 0 fully saturated rings. The average Bonchev–Trinajstić information content (AvgIpc) is 2.60. The molecular formula is C22H22N2O2. The van der Waals surface area contributed by atoms with Gasteiger partial charge in [0.25, 0.3) is 11.5 Å². The molecule has 0 unspecified atom stereocenters. The van der Waals surface area contributed by atoms with E-state index in [9.17, 15) is 9.59 Å². The molecule has 0 radical (unpaired) electrons. The summed E-state index contributed by atoms with van der Waals surface area (Å²) in [4.78, 5) is 25.4. The monoisotopic (exact) mass is 346 g/mol. The highest BCUT2D eigenvalue weighted by Gasteiger charge is 2.14. The van der Waals surface area contributed by atoms with Crippen LogP contribution in [0.5, 0.6) is 0 Å². The van der Waals surface area contributed by atoms with Crippen molar-refractivity contribution >= 4 is 11.6 Å². The van der Waals surface area contributed by atoms with Gasteiger partial charge in [-0.15, -0.1) is 0 Å². The summed E-state index contributed by atoms with van der Waals surface area (Å²) < 4.78 is 1.56. The van der Waals surface area contributed by atoms with Gasteiger partial charge in [0, 0.05) is 11.9 Å². The summed E-state index contributed by atoms with van der Waals surface area (Å²) in [6, 6.07) is 17.1. The number of hydrogen-bond donors (Lipinski definition) is 1. The van der Waals surface area contributed by atoms with Crippen LogP contribution in [0.4, 0.5) is 5.69 Å². The van der Waals surface area contributed by atoms with E-state index in [1.54, 1.807) is 22.9 Å². The summed E-state index contributed by atoms with van der Waals surface area (Å²) in [6.07, 6.45) is 1.71. The van der Waals surface area contributed by atoms with Gasteiger partial charge < -0.3 is 9.88 Å². The molecule has 0 aliphatic rings. The number of aryl methyl sites for hydroxylation is 3. The number of carbonyl (C=O) groups is 1. The number of hydrogen-bond acceptors (Lipinski definition) is 2. The SMILES string of the molecule is Cc1cccc(Cn2cccc(C(=O)Nc3c(C)cccc3C)c2=O)c1. The normalized spacial score (nSPS) is 10.6. The second-order valence-corrected chi connectivity index (χ2v) is 6.56. The number of aromatic nitrogens is 1. The first-order valence-electron chi connectivity index (χ1n) is 8.58. The van der Waals surface area contributed by atoms with E-state index in [1.807, 2.05) is 63.2 Å². The second kappa shape index (κ2) is 7.40. The van der Waals surface area contributed by atoms with Crippen molar-refractivity contribution in [3.8, 4) is 0 Å². The molecule has 0 saturated carbocycles. The maximum Gasteiger partial charge on any atom is 0.263 e. The smallest absolute Gasteiger partial charge is 0.263 e. The van der Waals surface area contributed by atoms with Gasteiger partial charge in [-0.1, -0.05) is 48.0 Å². The van der Waals surface area contributed by atoms with Gasteiger partial charge in [-0.3, -0.25) is 9.59 Å². The van der Waals surface area contributed by atoms with Crippen molar-refractivity contribution in [1.29, 1.82) is 0 Å². The van der Waals surface area contributed by atoms with Crippen LogP contribution >= 0.6 is 0 Å². The Morgan fingerprint density at radius 3 is 2.35 bits per heavy atom. The Bertz CT molecular complexity index is 998. The minimum Gasteiger partial charge on any atom is -0.321 e. The van der Waals surface area contributed by atoms with Crippen LogP contribution in [-0.2, 0) is 6.54 Å². The maximum atomic E-state index is 12.8. The molecule has 4 nitrogen and oxygen atoms in total. The van der Waals surface area contributed by atoms with E-state index in [-0.39, 0.29) is 17.0 Å². The Morgan fingerprint density at radius 1 is 0.962 bits per heavy atom. The van der Waals surface area contributed by atoms with Crippen LogP contribution in [0, 0.1) is 20.8 Å². The molecule has 0 atom stereocenters. The van der Waals surface area contributed by atoms with Crippen molar-refractivity contribution in [2.45, 2.75) is 27.3 Å². The zero-order valence-corrected chi connectivity index (χ0v) is 15.2. The molecule has 0 spiro atoms. The first-order valence-corrected chi connectivity index (χ1v) is 8.58. The van der Waals surface area contributed by atoms with Crippen molar-refractivity contribution in [2.24, 2.45) is 0 Å². The molecule has 26 heavy (non-hydrogen) atoms. The number of amides is 1. The third-order valence-corrected chi connectivity index (χ3v) is 4.42. The van der Waals surface area contributed by atoms with E-state index < -0.39 is 0 Å². The summed E-state index contributed by atoms with van der Waals surface area (Å²) in [5.41, 5.74) is 4.70. The van der Waals surface area contributed by atoms with E-state index in [1.165, 1.54) is 0 Å². The van der Waals surface area contributed by atoms with Crippen molar-refractivity contribution in [3.05, 3.63) is 99.0 Å². The quantitative estimate of drug-likeness (QED) is 0.774. The van der Waals surface area contributed by atoms with E-state index in [4.69, 9.17) is 0 Å². The number of pyridine rings is 1. The van der Waals surface area contributed by atoms with Gasteiger partial charge in [-0.2, -0.15) is 0 Å². The number of nitrogens with zero attached hydrogens (tertiary/aromatic N) is 1. The zero-order valence-electron chi connectivity index (χ0n) is 15.2. The molecular weight excluding hydrogens is 324 g/mol. The van der Waals surface area contributed by atoms with Gasteiger partial charge >= 0.3 is 0 Å². The standard InChI is InChI=1S/C22H22N2O2/c1-15-7-4-10-18(13-15)14-24-12-6-11-19(22(24)26)21(25)23-20-16(2)8-5-9-17(20)3/h4-13H,14H2,1-3H3,(H,23,25). The van der Waals surface area contributed by atoms with Gasteiger partial charge in [-0.05, 0) is 49.6 Å². The summed E-state index contributed by atoms with van der Waals surface area (Å²) in [5.74, 6) is -0.383. The van der Waals surface area contributed by atoms with E-state index in [0.717, 1.165) is 27.9 Å². The van der Waals surface area contributed by atoms with Crippen LogP contribution in [0.1, 0.15) is 32.6 Å². The van der Waals surface area contributed by atoms with Crippen LogP contribution in [0.3, 0.4) is 0 Å². The molecule has 0 aliphatic carbocycles. The molecule has 2 aromatic carbocycles. The molecule has 4 heteroatoms. The molecule has 132 valence electrons. The summed E-state index contributed by atoms with van der Waals surface area (Å²) in [6.45, 7) is 6.32. The molecule has 0 bridgehead atoms. The Kier molecular flexibility index (Phi) is 5.03. The first-order chi connectivity index (χ1) is 12.5. The highest BCUT2D eigenvalue weighted by Crippen LogP contribution is 2.19. The van der Waals surface area contributed by atoms with Crippen LogP contribution in [0.25, 0.3) is 0 Å². The summed E-state index contributed by atoms with van der Waals surface area (Å²) in [5, 5.41) is 2.88. The highest BCUT2D eigenvalue weighted by atomic mass is 16.2. The largest absolute Gasteiger partial charge is 0.321 e. The van der Waals surface area contributed by atoms with E-state index >= 15 is 0 Å². The topological polar surface area (TPSA) is 51.1 Å². The van der Waals surface area contributed by atoms with Crippen LogP contribution in [0.15, 0.2) is 65.6 Å². The fraction of sp³-hybridized carbons (Fsp3) is 0.182. The Labute approximate surface area is 153 Å². The number of carbonyl (C=O) groups excluding carboxylic acids is 1. The number of nitrogens with one attached hydrogen (secondary N) is 1. The minimum absolute atomic E-state index is 0.141. The van der Waals surface area contributed by atoms with Crippen molar-refractivity contribution < 1.29 is 4.79 Å². The number of rotatable bonds is 4.